The number of halogens is 2. The van der Waals surface area contributed by atoms with Crippen LogP contribution in [0.4, 0.5) is 14.5 Å². The Balaban J connectivity index is 1.39. The van der Waals surface area contributed by atoms with Crippen LogP contribution in [0.5, 0.6) is 0 Å². The van der Waals surface area contributed by atoms with Crippen LogP contribution in [0.15, 0.2) is 47.4 Å². The Kier molecular flexibility index (Phi) is 6.99. The largest absolute Gasteiger partial charge is 0.371 e. The van der Waals surface area contributed by atoms with E-state index in [-0.39, 0.29) is 24.9 Å². The van der Waals surface area contributed by atoms with Crippen LogP contribution in [0, 0.1) is 17.6 Å². The third kappa shape index (κ3) is 5.04. The van der Waals surface area contributed by atoms with E-state index in [0.29, 0.717) is 25.5 Å². The van der Waals surface area contributed by atoms with Crippen LogP contribution in [0.2, 0.25) is 0 Å². The van der Waals surface area contributed by atoms with Crippen molar-refractivity contribution in [3.8, 4) is 0 Å². The van der Waals surface area contributed by atoms with Gasteiger partial charge in [0.2, 0.25) is 15.9 Å². The van der Waals surface area contributed by atoms with Gasteiger partial charge in [-0.3, -0.25) is 4.79 Å². The molecule has 2 heterocycles. The first-order valence-corrected chi connectivity index (χ1v) is 12.7. The second kappa shape index (κ2) is 9.77. The number of para-hydroxylation sites is 1. The number of benzene rings is 2. The Hall–Kier alpha value is -2.52. The molecule has 2 aliphatic heterocycles. The molecule has 2 fully saturated rings. The van der Waals surface area contributed by atoms with Gasteiger partial charge in [0.15, 0.2) is 0 Å². The molecule has 9 heteroatoms. The number of hydrogen-bond donors (Lipinski definition) is 0. The van der Waals surface area contributed by atoms with Gasteiger partial charge in [-0.25, -0.2) is 17.2 Å². The predicted molar refractivity (Wildman–Crippen MR) is 122 cm³/mol. The van der Waals surface area contributed by atoms with E-state index in [2.05, 4.69) is 11.0 Å². The quantitative estimate of drug-likeness (QED) is 0.638. The van der Waals surface area contributed by atoms with Gasteiger partial charge in [-0.2, -0.15) is 4.31 Å². The summed E-state index contributed by atoms with van der Waals surface area (Å²) in [6, 6.07) is 10.5. The van der Waals surface area contributed by atoms with Crippen LogP contribution in [0.3, 0.4) is 0 Å². The smallest absolute Gasteiger partial charge is 0.246 e. The number of anilines is 1. The van der Waals surface area contributed by atoms with Gasteiger partial charge in [0.25, 0.3) is 0 Å². The average Bonchev–Trinajstić information content (AvgIpc) is 3.35. The van der Waals surface area contributed by atoms with Crippen LogP contribution in [-0.4, -0.2) is 56.8 Å². The van der Waals surface area contributed by atoms with Crippen molar-refractivity contribution >= 4 is 21.6 Å². The summed E-state index contributed by atoms with van der Waals surface area (Å²) in [6.45, 7) is 2.71. The zero-order chi connectivity index (χ0) is 23.6. The Bertz CT molecular complexity index is 1110. The lowest BCUT2D eigenvalue weighted by atomic mass is 9.96. The molecular formula is C24H29F2N3O3S. The molecule has 2 aromatic rings. The fraction of sp³-hybridized carbons (Fsp3) is 0.458. The van der Waals surface area contributed by atoms with Crippen LogP contribution in [0.1, 0.15) is 31.2 Å². The number of hydrogen-bond acceptors (Lipinski definition) is 4. The first-order valence-electron chi connectivity index (χ1n) is 11.3. The SMILES string of the molecule is CN(Cc1ccccc1N1CCCC1)C(=O)C1CCN(S(=O)(=O)c2cc(F)ccc2F)CC1. The third-order valence-electron chi connectivity index (χ3n) is 6.54. The Morgan fingerprint density at radius 2 is 1.70 bits per heavy atom. The summed E-state index contributed by atoms with van der Waals surface area (Å²) in [5, 5.41) is 0. The van der Waals surface area contributed by atoms with Crippen LogP contribution >= 0.6 is 0 Å². The van der Waals surface area contributed by atoms with E-state index < -0.39 is 26.6 Å². The van der Waals surface area contributed by atoms with Crippen molar-refractivity contribution in [2.24, 2.45) is 5.92 Å². The molecule has 0 N–H and O–H groups in total. The van der Waals surface area contributed by atoms with Gasteiger partial charge >= 0.3 is 0 Å². The Morgan fingerprint density at radius 1 is 1.03 bits per heavy atom. The lowest BCUT2D eigenvalue weighted by Crippen LogP contribution is -2.43. The van der Waals surface area contributed by atoms with E-state index in [9.17, 15) is 22.0 Å². The number of carbonyl (C=O) groups excluding carboxylic acids is 1. The van der Waals surface area contributed by atoms with Crippen molar-refractivity contribution in [2.75, 3.05) is 38.1 Å². The monoisotopic (exact) mass is 477 g/mol. The maximum absolute atomic E-state index is 14.0. The minimum atomic E-state index is -4.16. The average molecular weight is 478 g/mol. The molecule has 0 spiro atoms. The zero-order valence-corrected chi connectivity index (χ0v) is 19.5. The van der Waals surface area contributed by atoms with Gasteiger partial charge in [-0.1, -0.05) is 18.2 Å². The molecule has 0 aromatic heterocycles. The molecule has 0 unspecified atom stereocenters. The van der Waals surface area contributed by atoms with Crippen molar-refractivity contribution in [3.63, 3.8) is 0 Å². The zero-order valence-electron chi connectivity index (χ0n) is 18.7. The molecule has 33 heavy (non-hydrogen) atoms. The summed E-state index contributed by atoms with van der Waals surface area (Å²) in [7, 11) is -2.39. The summed E-state index contributed by atoms with van der Waals surface area (Å²) in [5.41, 5.74) is 2.25. The summed E-state index contributed by atoms with van der Waals surface area (Å²) in [5.74, 6) is -2.13. The third-order valence-corrected chi connectivity index (χ3v) is 8.45. The molecule has 0 radical (unpaired) electrons. The molecule has 1 amide bonds. The molecule has 0 bridgehead atoms. The highest BCUT2D eigenvalue weighted by Gasteiger charge is 2.34. The van der Waals surface area contributed by atoms with E-state index in [0.717, 1.165) is 40.8 Å². The highest BCUT2D eigenvalue weighted by atomic mass is 32.2. The van der Waals surface area contributed by atoms with Gasteiger partial charge in [-0.05, 0) is 55.5 Å². The maximum Gasteiger partial charge on any atom is 0.246 e. The number of rotatable bonds is 6. The van der Waals surface area contributed by atoms with Crippen molar-refractivity contribution in [2.45, 2.75) is 37.1 Å². The van der Waals surface area contributed by atoms with Crippen LogP contribution in [-0.2, 0) is 21.4 Å². The van der Waals surface area contributed by atoms with Gasteiger partial charge in [0, 0.05) is 51.4 Å². The Morgan fingerprint density at radius 3 is 2.39 bits per heavy atom. The van der Waals surface area contributed by atoms with Gasteiger partial charge in [0.1, 0.15) is 16.5 Å². The second-order valence-corrected chi connectivity index (χ2v) is 10.7. The van der Waals surface area contributed by atoms with Crippen LogP contribution < -0.4 is 4.90 Å². The minimum Gasteiger partial charge on any atom is -0.371 e. The van der Waals surface area contributed by atoms with E-state index in [1.807, 2.05) is 18.2 Å². The minimum absolute atomic E-state index is 0.0276. The number of sulfonamides is 1. The summed E-state index contributed by atoms with van der Waals surface area (Å²) >= 11 is 0. The molecule has 2 saturated heterocycles. The molecule has 178 valence electrons. The number of nitrogens with zero attached hydrogens (tertiary/aromatic N) is 3. The van der Waals surface area contributed by atoms with Gasteiger partial charge in [-0.15, -0.1) is 0 Å². The normalized spacial score (nSPS) is 18.0. The van der Waals surface area contributed by atoms with Crippen molar-refractivity contribution in [1.29, 1.82) is 0 Å². The molecule has 2 aromatic carbocycles. The van der Waals surface area contributed by atoms with Gasteiger partial charge in [0.05, 0.1) is 0 Å². The van der Waals surface area contributed by atoms with Crippen molar-refractivity contribution < 1.29 is 22.0 Å². The lowest BCUT2D eigenvalue weighted by molar-refractivity contribution is -0.135. The van der Waals surface area contributed by atoms with E-state index in [1.54, 1.807) is 11.9 Å². The lowest BCUT2D eigenvalue weighted by Gasteiger charge is -2.33. The fourth-order valence-corrected chi connectivity index (χ4v) is 6.26. The van der Waals surface area contributed by atoms with Crippen LogP contribution in [0.25, 0.3) is 0 Å². The summed E-state index contributed by atoms with van der Waals surface area (Å²) in [4.78, 5) is 16.5. The molecule has 2 aliphatic rings. The fourth-order valence-electron chi connectivity index (χ4n) is 4.71. The molecule has 0 atom stereocenters. The highest BCUT2D eigenvalue weighted by molar-refractivity contribution is 7.89. The molecule has 6 nitrogen and oxygen atoms in total. The predicted octanol–water partition coefficient (Wildman–Crippen LogP) is 3.62. The molecule has 4 rings (SSSR count). The van der Waals surface area contributed by atoms with Gasteiger partial charge < -0.3 is 9.80 Å². The number of carbonyl (C=O) groups is 1. The summed E-state index contributed by atoms with van der Waals surface area (Å²) in [6.07, 6.45) is 3.02. The van der Waals surface area contributed by atoms with Crippen molar-refractivity contribution in [3.05, 3.63) is 59.7 Å². The highest BCUT2D eigenvalue weighted by Crippen LogP contribution is 2.29. The second-order valence-electron chi connectivity index (χ2n) is 8.77. The van der Waals surface area contributed by atoms with Crippen molar-refractivity contribution in [1.82, 2.24) is 9.21 Å². The number of piperidine rings is 1. The molecule has 0 saturated carbocycles. The molecule has 0 aliphatic carbocycles. The maximum atomic E-state index is 14.0. The molecular weight excluding hydrogens is 448 g/mol. The summed E-state index contributed by atoms with van der Waals surface area (Å²) < 4.78 is 54.3. The topological polar surface area (TPSA) is 60.9 Å². The Labute approximate surface area is 193 Å². The van der Waals surface area contributed by atoms with E-state index in [4.69, 9.17) is 0 Å². The first kappa shape index (κ1) is 23.6. The standard InChI is InChI=1S/C24H29F2N3O3S/c1-27(17-19-6-2-3-7-22(19)28-12-4-5-13-28)24(30)18-10-14-29(15-11-18)33(31,32)23-16-20(25)8-9-21(23)26/h2-3,6-9,16,18H,4-5,10-15,17H2,1H3. The number of amides is 1. The van der Waals surface area contributed by atoms with E-state index >= 15 is 0 Å². The first-order chi connectivity index (χ1) is 15.8. The van der Waals surface area contributed by atoms with E-state index in [1.165, 1.54) is 12.8 Å².